The normalized spacial score (nSPS) is 11.5. The van der Waals surface area contributed by atoms with Gasteiger partial charge in [-0.05, 0) is 55.8 Å². The molecular formula is C32H25N3O9. The maximum atomic E-state index is 13.5. The van der Waals surface area contributed by atoms with Gasteiger partial charge in [0.2, 0.25) is 0 Å². The molecule has 0 saturated heterocycles. The first-order valence-electron chi connectivity index (χ1n) is 13.4. The molecule has 0 radical (unpaired) electrons. The second-order valence-electron chi connectivity index (χ2n) is 10.2. The largest absolute Gasteiger partial charge is 0.507 e. The van der Waals surface area contributed by atoms with Crippen LogP contribution in [0.25, 0.3) is 21.9 Å². The van der Waals surface area contributed by atoms with Gasteiger partial charge < -0.3 is 23.8 Å². The predicted octanol–water partition coefficient (Wildman–Crippen LogP) is 5.27. The number of rotatable bonds is 7. The molecule has 12 heteroatoms. The molecule has 6 aromatic rings. The maximum absolute atomic E-state index is 13.5. The van der Waals surface area contributed by atoms with Gasteiger partial charge in [0.25, 0.3) is 0 Å². The molecular weight excluding hydrogens is 570 g/mol. The number of hydrogen-bond acceptors (Lipinski definition) is 10. The summed E-state index contributed by atoms with van der Waals surface area (Å²) in [7, 11) is 1.45. The zero-order valence-corrected chi connectivity index (χ0v) is 23.7. The summed E-state index contributed by atoms with van der Waals surface area (Å²) in [4.78, 5) is 38.2. The van der Waals surface area contributed by atoms with Crippen molar-refractivity contribution >= 4 is 27.6 Å². The van der Waals surface area contributed by atoms with Crippen LogP contribution in [0.2, 0.25) is 0 Å². The van der Waals surface area contributed by atoms with Crippen LogP contribution in [0.15, 0.2) is 85.2 Å². The van der Waals surface area contributed by atoms with Gasteiger partial charge >= 0.3 is 16.9 Å². The maximum Gasteiger partial charge on any atom is 0.344 e. The van der Waals surface area contributed by atoms with Crippen molar-refractivity contribution in [2.45, 2.75) is 26.3 Å². The third-order valence-electron chi connectivity index (χ3n) is 7.70. The molecule has 44 heavy (non-hydrogen) atoms. The lowest BCUT2D eigenvalue weighted by molar-refractivity contribution is -0.386. The Morgan fingerprint density at radius 2 is 1.45 bits per heavy atom. The van der Waals surface area contributed by atoms with Crippen LogP contribution in [0.1, 0.15) is 39.6 Å². The lowest BCUT2D eigenvalue weighted by Crippen LogP contribution is -2.21. The highest BCUT2D eigenvalue weighted by atomic mass is 16.6. The van der Waals surface area contributed by atoms with Gasteiger partial charge in [0, 0.05) is 5.56 Å². The molecule has 0 atom stereocenters. The smallest absolute Gasteiger partial charge is 0.344 e. The van der Waals surface area contributed by atoms with E-state index in [4.69, 9.17) is 13.6 Å². The number of aryl methyl sites for hydroxylation is 1. The van der Waals surface area contributed by atoms with Gasteiger partial charge in [-0.25, -0.2) is 9.59 Å². The van der Waals surface area contributed by atoms with Gasteiger partial charge in [0.15, 0.2) is 0 Å². The van der Waals surface area contributed by atoms with Crippen molar-refractivity contribution in [3.63, 3.8) is 0 Å². The summed E-state index contributed by atoms with van der Waals surface area (Å²) in [6.45, 7) is 3.14. The molecule has 0 bridgehead atoms. The Kier molecular flexibility index (Phi) is 6.88. The molecule has 3 aromatic carbocycles. The van der Waals surface area contributed by atoms with E-state index in [1.165, 1.54) is 30.8 Å². The van der Waals surface area contributed by atoms with Crippen LogP contribution in [0, 0.1) is 24.0 Å². The first-order valence-corrected chi connectivity index (χ1v) is 13.4. The van der Waals surface area contributed by atoms with E-state index < -0.39 is 33.6 Å². The number of nitrogens with zero attached hydrogens (tertiary/aromatic N) is 3. The molecule has 222 valence electrons. The van der Waals surface area contributed by atoms with Crippen molar-refractivity contribution in [2.24, 2.45) is 0 Å². The molecule has 0 aliphatic rings. The second-order valence-corrected chi connectivity index (χ2v) is 10.2. The Labute approximate surface area is 248 Å². The zero-order valence-electron chi connectivity index (χ0n) is 23.7. The second kappa shape index (κ2) is 10.7. The van der Waals surface area contributed by atoms with E-state index in [-0.39, 0.29) is 51.0 Å². The van der Waals surface area contributed by atoms with Crippen LogP contribution in [0.3, 0.4) is 0 Å². The van der Waals surface area contributed by atoms with Gasteiger partial charge in [0.1, 0.15) is 39.8 Å². The van der Waals surface area contributed by atoms with Gasteiger partial charge in [-0.2, -0.15) is 5.10 Å². The van der Waals surface area contributed by atoms with E-state index in [1.54, 1.807) is 61.5 Å². The van der Waals surface area contributed by atoms with Gasteiger partial charge in [-0.15, -0.1) is 0 Å². The molecule has 6 rings (SSSR count). The molecule has 0 amide bonds. The Hall–Kier alpha value is -5.91. The molecule has 0 aliphatic heterocycles. The van der Waals surface area contributed by atoms with Gasteiger partial charge in [0.05, 0.1) is 46.4 Å². The summed E-state index contributed by atoms with van der Waals surface area (Å²) in [5.41, 5.74) is -0.946. The predicted molar refractivity (Wildman–Crippen MR) is 160 cm³/mol. The Morgan fingerprint density at radius 1 is 0.909 bits per heavy atom. The van der Waals surface area contributed by atoms with E-state index in [9.17, 15) is 29.9 Å². The summed E-state index contributed by atoms with van der Waals surface area (Å²) in [6, 6.07) is 17.6. The quantitative estimate of drug-likeness (QED) is 0.141. The average Bonchev–Trinajstić information content (AvgIpc) is 3.28. The number of para-hydroxylation sites is 2. The first-order chi connectivity index (χ1) is 21.1. The molecule has 3 heterocycles. The highest BCUT2D eigenvalue weighted by Crippen LogP contribution is 2.43. The molecule has 0 saturated carbocycles. The van der Waals surface area contributed by atoms with Crippen LogP contribution in [0.5, 0.6) is 17.2 Å². The third-order valence-corrected chi connectivity index (χ3v) is 7.70. The SMILES string of the molecule is COc1ccc(C(c2c(O)c3ccccc3oc2=O)c2c(O)c3ccccc3oc2=O)cc1Cn1nc(C)c([N+](=O)[O-])c1C. The molecule has 2 N–H and O–H groups in total. The highest BCUT2D eigenvalue weighted by molar-refractivity contribution is 5.87. The fourth-order valence-corrected chi connectivity index (χ4v) is 5.65. The summed E-state index contributed by atoms with van der Waals surface area (Å²) < 4.78 is 18.1. The van der Waals surface area contributed by atoms with Crippen LogP contribution < -0.4 is 16.0 Å². The topological polar surface area (TPSA) is 171 Å². The van der Waals surface area contributed by atoms with E-state index in [1.807, 2.05) is 0 Å². The van der Waals surface area contributed by atoms with E-state index in [0.29, 0.717) is 22.6 Å². The van der Waals surface area contributed by atoms with Crippen LogP contribution >= 0.6 is 0 Å². The van der Waals surface area contributed by atoms with Crippen molar-refractivity contribution in [1.82, 2.24) is 9.78 Å². The lowest BCUT2D eigenvalue weighted by atomic mass is 9.84. The summed E-state index contributed by atoms with van der Waals surface area (Å²) >= 11 is 0. The molecule has 0 unspecified atom stereocenters. The Morgan fingerprint density at radius 3 is 1.95 bits per heavy atom. The minimum absolute atomic E-state index is 0.0286. The summed E-state index contributed by atoms with van der Waals surface area (Å²) in [5, 5.41) is 39.3. The third kappa shape index (κ3) is 4.53. The number of nitro groups is 1. The number of aromatic nitrogens is 2. The standard InChI is InChI=1S/C32H25N3O9/c1-16-28(35(40)41)17(2)34(33-16)15-19-14-18(12-13-22(19)42-3)25(26-29(36)20-8-4-6-10-23(20)43-31(26)38)27-30(37)21-9-5-7-11-24(21)44-32(27)39/h4-14,25,36-37H,15H2,1-3H3. The fraction of sp³-hybridized carbons (Fsp3) is 0.156. The Balaban J connectivity index is 1.64. The molecule has 3 aromatic heterocycles. The number of fused-ring (bicyclic) bond motifs is 2. The minimum Gasteiger partial charge on any atom is -0.507 e. The van der Waals surface area contributed by atoms with Crippen molar-refractivity contribution in [2.75, 3.05) is 7.11 Å². The molecule has 0 aliphatic carbocycles. The molecule has 0 spiro atoms. The van der Waals surface area contributed by atoms with Crippen molar-refractivity contribution in [1.29, 1.82) is 0 Å². The van der Waals surface area contributed by atoms with E-state index >= 15 is 0 Å². The Bertz CT molecular complexity index is 2130. The number of hydrogen-bond donors (Lipinski definition) is 2. The zero-order chi connectivity index (χ0) is 31.3. The average molecular weight is 596 g/mol. The first kappa shape index (κ1) is 28.2. The van der Waals surface area contributed by atoms with Crippen LogP contribution in [-0.2, 0) is 6.54 Å². The van der Waals surface area contributed by atoms with Crippen molar-refractivity contribution in [3.05, 3.63) is 131 Å². The van der Waals surface area contributed by atoms with E-state index in [2.05, 4.69) is 5.10 Å². The number of methoxy groups -OCH3 is 1. The van der Waals surface area contributed by atoms with Crippen LogP contribution in [-0.4, -0.2) is 32.0 Å². The molecule has 0 fully saturated rings. The van der Waals surface area contributed by atoms with Gasteiger partial charge in [-0.3, -0.25) is 14.8 Å². The van der Waals surface area contributed by atoms with Crippen LogP contribution in [0.4, 0.5) is 5.69 Å². The monoisotopic (exact) mass is 595 g/mol. The van der Waals surface area contributed by atoms with Crippen molar-refractivity contribution < 1.29 is 28.7 Å². The minimum atomic E-state index is -1.36. The number of benzene rings is 3. The van der Waals surface area contributed by atoms with Crippen molar-refractivity contribution in [3.8, 4) is 17.2 Å². The summed E-state index contributed by atoms with van der Waals surface area (Å²) in [5.74, 6) is -1.83. The molecule has 12 nitrogen and oxygen atoms in total. The number of ether oxygens (including phenoxy) is 1. The highest BCUT2D eigenvalue weighted by Gasteiger charge is 2.33. The lowest BCUT2D eigenvalue weighted by Gasteiger charge is -2.21. The number of aromatic hydroxyl groups is 2. The summed E-state index contributed by atoms with van der Waals surface area (Å²) in [6.07, 6.45) is 0. The van der Waals surface area contributed by atoms with Gasteiger partial charge in [-0.1, -0.05) is 30.3 Å². The fourth-order valence-electron chi connectivity index (χ4n) is 5.65. The van der Waals surface area contributed by atoms with E-state index in [0.717, 1.165) is 0 Å².